The lowest BCUT2D eigenvalue weighted by Gasteiger charge is -2.23. The van der Waals surface area contributed by atoms with Crippen molar-refractivity contribution in [2.45, 2.75) is 33.1 Å². The number of carboxylic acid groups (broad SMARTS) is 1. The monoisotopic (exact) mass is 266 g/mol. The molecule has 0 saturated heterocycles. The summed E-state index contributed by atoms with van der Waals surface area (Å²) in [5, 5.41) is 42.3. The van der Waals surface area contributed by atoms with Gasteiger partial charge in [-0.25, -0.2) is 0 Å². The molecule has 0 aromatic heterocycles. The highest BCUT2D eigenvalue weighted by atomic mass is 16.4. The molecule has 1 atom stereocenters. The minimum atomic E-state index is -1.11. The number of rotatable bonds is 8. The molecule has 0 heterocycles. The Kier molecular flexibility index (Phi) is 12.4. The first-order valence-electron chi connectivity index (χ1n) is 6.06. The Balaban J connectivity index is 0. The van der Waals surface area contributed by atoms with E-state index in [0.717, 1.165) is 12.8 Å². The van der Waals surface area contributed by atoms with E-state index in [1.807, 2.05) is 6.92 Å². The first-order chi connectivity index (χ1) is 8.41. The molecular weight excluding hydrogens is 240 g/mol. The third-order valence-electron chi connectivity index (χ3n) is 2.65. The fourth-order valence-electron chi connectivity index (χ4n) is 1.19. The number of hydrogen-bond acceptors (Lipinski definition) is 5. The summed E-state index contributed by atoms with van der Waals surface area (Å²) < 4.78 is 0. The second-order valence-corrected chi connectivity index (χ2v) is 4.62. The summed E-state index contributed by atoms with van der Waals surface area (Å²) in [7, 11) is 0. The zero-order chi connectivity index (χ0) is 14.6. The van der Waals surface area contributed by atoms with E-state index in [1.54, 1.807) is 0 Å². The number of aliphatic hydroxyl groups is 4. The maximum absolute atomic E-state index is 10.1. The molecule has 6 heteroatoms. The summed E-state index contributed by atoms with van der Waals surface area (Å²) in [4.78, 5) is 10.1. The van der Waals surface area contributed by atoms with Gasteiger partial charge in [0.05, 0.1) is 31.8 Å². The number of carbonyl (C=O) groups is 1. The van der Waals surface area contributed by atoms with Crippen LogP contribution >= 0.6 is 0 Å². The lowest BCUT2D eigenvalue weighted by molar-refractivity contribution is -0.138. The molecule has 0 aromatic rings. The Morgan fingerprint density at radius 2 is 1.44 bits per heavy atom. The highest BCUT2D eigenvalue weighted by Gasteiger charge is 2.26. The molecule has 1 unspecified atom stereocenters. The molecule has 0 aliphatic carbocycles. The smallest absolute Gasteiger partial charge is 0.303 e. The average molecular weight is 266 g/mol. The van der Waals surface area contributed by atoms with E-state index in [2.05, 4.69) is 6.92 Å². The molecule has 0 radical (unpaired) electrons. The van der Waals surface area contributed by atoms with Gasteiger partial charge in [0.2, 0.25) is 0 Å². The van der Waals surface area contributed by atoms with Crippen molar-refractivity contribution < 1.29 is 30.3 Å². The van der Waals surface area contributed by atoms with Crippen LogP contribution in [0.2, 0.25) is 0 Å². The zero-order valence-corrected chi connectivity index (χ0v) is 11.2. The number of carboxylic acids is 1. The summed E-state index contributed by atoms with van der Waals surface area (Å²) in [6.45, 7) is 2.41. The average Bonchev–Trinajstić information content (AvgIpc) is 2.33. The van der Waals surface area contributed by atoms with Gasteiger partial charge in [0, 0.05) is 6.42 Å². The summed E-state index contributed by atoms with van der Waals surface area (Å²) in [6, 6.07) is 0. The van der Waals surface area contributed by atoms with Crippen LogP contribution < -0.4 is 0 Å². The number of aliphatic hydroxyl groups excluding tert-OH is 4. The first-order valence-corrected chi connectivity index (χ1v) is 6.06. The Bertz CT molecular complexity index is 185. The predicted octanol–water partition coefficient (Wildman–Crippen LogP) is -0.161. The van der Waals surface area contributed by atoms with Crippen LogP contribution in [0, 0.1) is 11.3 Å². The van der Waals surface area contributed by atoms with Crippen molar-refractivity contribution in [1.29, 1.82) is 0 Å². The Hall–Kier alpha value is -0.690. The molecular formula is C12H26O6. The predicted molar refractivity (Wildman–Crippen MR) is 67.1 cm³/mol. The van der Waals surface area contributed by atoms with Crippen molar-refractivity contribution in [2.75, 3.05) is 26.4 Å². The van der Waals surface area contributed by atoms with Crippen molar-refractivity contribution >= 4 is 5.97 Å². The minimum Gasteiger partial charge on any atom is -0.481 e. The van der Waals surface area contributed by atoms with E-state index < -0.39 is 37.8 Å². The largest absolute Gasteiger partial charge is 0.481 e. The standard InChI is InChI=1S/C7H14O2.C5H12O4/c1-3-4-6(2)5-7(8)9;6-1-5(2-7,3-8)4-9/h6H,3-5H2,1-2H3,(H,8,9);6-9H,1-4H2. The summed E-state index contributed by atoms with van der Waals surface area (Å²) in [5.41, 5.74) is -1.11. The van der Waals surface area contributed by atoms with Gasteiger partial charge in [-0.2, -0.15) is 0 Å². The van der Waals surface area contributed by atoms with E-state index in [4.69, 9.17) is 25.5 Å². The summed E-state index contributed by atoms with van der Waals surface area (Å²) in [6.07, 6.45) is 2.41. The van der Waals surface area contributed by atoms with Gasteiger partial charge < -0.3 is 25.5 Å². The molecule has 0 saturated carbocycles. The first kappa shape index (κ1) is 19.6. The van der Waals surface area contributed by atoms with Gasteiger partial charge in [0.1, 0.15) is 0 Å². The Morgan fingerprint density at radius 3 is 1.61 bits per heavy atom. The van der Waals surface area contributed by atoms with E-state index in [-0.39, 0.29) is 0 Å². The van der Waals surface area contributed by atoms with E-state index in [0.29, 0.717) is 12.3 Å². The quantitative estimate of drug-likeness (QED) is 0.416. The molecule has 0 aliphatic heterocycles. The molecule has 0 rings (SSSR count). The van der Waals surface area contributed by atoms with Crippen molar-refractivity contribution in [3.63, 3.8) is 0 Å². The molecule has 0 amide bonds. The van der Waals surface area contributed by atoms with Crippen LogP contribution in [0.5, 0.6) is 0 Å². The molecule has 110 valence electrons. The maximum Gasteiger partial charge on any atom is 0.303 e. The fraction of sp³-hybridized carbons (Fsp3) is 0.917. The number of hydrogen-bond donors (Lipinski definition) is 5. The highest BCUT2D eigenvalue weighted by Crippen LogP contribution is 2.11. The van der Waals surface area contributed by atoms with Gasteiger partial charge >= 0.3 is 5.97 Å². The van der Waals surface area contributed by atoms with E-state index in [1.165, 1.54) is 0 Å². The van der Waals surface area contributed by atoms with Crippen LogP contribution in [0.15, 0.2) is 0 Å². The SMILES string of the molecule is CCCC(C)CC(=O)O.OCC(CO)(CO)CO. The van der Waals surface area contributed by atoms with Gasteiger partial charge in [0.15, 0.2) is 0 Å². The minimum absolute atomic E-state index is 0.313. The normalized spacial score (nSPS) is 12.6. The fourth-order valence-corrected chi connectivity index (χ4v) is 1.19. The molecule has 18 heavy (non-hydrogen) atoms. The topological polar surface area (TPSA) is 118 Å². The third-order valence-corrected chi connectivity index (χ3v) is 2.65. The van der Waals surface area contributed by atoms with Crippen LogP contribution in [0.1, 0.15) is 33.1 Å². The van der Waals surface area contributed by atoms with Gasteiger partial charge in [-0.3, -0.25) is 4.79 Å². The van der Waals surface area contributed by atoms with Crippen molar-refractivity contribution in [3.05, 3.63) is 0 Å². The van der Waals surface area contributed by atoms with Crippen LogP contribution in [-0.4, -0.2) is 57.9 Å². The van der Waals surface area contributed by atoms with Crippen LogP contribution in [-0.2, 0) is 4.79 Å². The summed E-state index contributed by atoms with van der Waals surface area (Å²) in [5.74, 6) is -0.344. The second kappa shape index (κ2) is 11.4. The lowest BCUT2D eigenvalue weighted by atomic mass is 9.93. The van der Waals surface area contributed by atoms with Gasteiger partial charge in [-0.15, -0.1) is 0 Å². The lowest BCUT2D eigenvalue weighted by Crippen LogP contribution is -2.37. The molecule has 0 spiro atoms. The van der Waals surface area contributed by atoms with E-state index in [9.17, 15) is 4.79 Å². The highest BCUT2D eigenvalue weighted by molar-refractivity contribution is 5.66. The molecule has 0 aromatic carbocycles. The number of aliphatic carboxylic acids is 1. The van der Waals surface area contributed by atoms with Crippen molar-refractivity contribution in [3.8, 4) is 0 Å². The molecule has 6 nitrogen and oxygen atoms in total. The molecule has 0 fully saturated rings. The van der Waals surface area contributed by atoms with Crippen LogP contribution in [0.25, 0.3) is 0 Å². The maximum atomic E-state index is 10.1. The van der Waals surface area contributed by atoms with Gasteiger partial charge in [-0.1, -0.05) is 26.7 Å². The van der Waals surface area contributed by atoms with Crippen LogP contribution in [0.4, 0.5) is 0 Å². The van der Waals surface area contributed by atoms with Gasteiger partial charge in [0.25, 0.3) is 0 Å². The molecule has 5 N–H and O–H groups in total. The third kappa shape index (κ3) is 9.35. The van der Waals surface area contributed by atoms with Crippen molar-refractivity contribution in [2.24, 2.45) is 11.3 Å². The van der Waals surface area contributed by atoms with Crippen LogP contribution in [0.3, 0.4) is 0 Å². The summed E-state index contributed by atoms with van der Waals surface area (Å²) >= 11 is 0. The zero-order valence-electron chi connectivity index (χ0n) is 11.2. The Labute approximate surface area is 108 Å². The Morgan fingerprint density at radius 1 is 1.06 bits per heavy atom. The van der Waals surface area contributed by atoms with E-state index >= 15 is 0 Å². The molecule has 0 aliphatic rings. The van der Waals surface area contributed by atoms with Gasteiger partial charge in [-0.05, 0) is 5.92 Å². The molecule has 0 bridgehead atoms. The second-order valence-electron chi connectivity index (χ2n) is 4.62. The van der Waals surface area contributed by atoms with Crippen molar-refractivity contribution in [1.82, 2.24) is 0 Å².